The Morgan fingerprint density at radius 3 is 2.04 bits per heavy atom. The molecule has 0 saturated carbocycles. The summed E-state index contributed by atoms with van der Waals surface area (Å²) >= 11 is 0. The molecule has 0 aliphatic carbocycles. The van der Waals surface area contributed by atoms with Gasteiger partial charge < -0.3 is 30.8 Å². The van der Waals surface area contributed by atoms with E-state index < -0.39 is 17.9 Å². The van der Waals surface area contributed by atoms with Gasteiger partial charge >= 0.3 is 23.9 Å². The van der Waals surface area contributed by atoms with Gasteiger partial charge in [-0.2, -0.15) is 0 Å². The van der Waals surface area contributed by atoms with E-state index in [9.17, 15) is 24.3 Å². The molecule has 0 radical (unpaired) electrons. The van der Waals surface area contributed by atoms with Crippen LogP contribution < -0.4 is 20.9 Å². The number of anilines is 2. The van der Waals surface area contributed by atoms with Crippen LogP contribution in [0, 0.1) is 0 Å². The molecule has 0 saturated heterocycles. The molecule has 0 aromatic heterocycles. The molecule has 256 valence electrons. The van der Waals surface area contributed by atoms with Gasteiger partial charge in [0, 0.05) is 23.9 Å². The summed E-state index contributed by atoms with van der Waals surface area (Å²) in [5.74, 6) is -1.58. The molecule has 0 aliphatic rings. The fraction of sp³-hybridized carbons (Fsp3) is 0.368. The second-order valence-electron chi connectivity index (χ2n) is 11.6. The summed E-state index contributed by atoms with van der Waals surface area (Å²) in [5, 5.41) is 9.41. The molecule has 3 rings (SSSR count). The topological polar surface area (TPSA) is 168 Å². The van der Waals surface area contributed by atoms with Crippen molar-refractivity contribution < 1.29 is 38.5 Å². The normalized spacial score (nSPS) is 10.9. The Morgan fingerprint density at radius 1 is 0.750 bits per heavy atom. The summed E-state index contributed by atoms with van der Waals surface area (Å²) in [5.41, 5.74) is 14.4. The van der Waals surface area contributed by atoms with E-state index in [-0.39, 0.29) is 11.5 Å². The van der Waals surface area contributed by atoms with Crippen LogP contribution in [-0.4, -0.2) is 35.6 Å². The standard InChI is InChI=1S/C38H46N2O8/c1-2-3-4-10-13-35(41)47-30-19-21-31(22-20-30)48-36(42)23-16-27-14-17-28(18-15-27)38(45)46-24-11-8-6-5-7-9-12-32-33(37(43)44)25-29(39)26-34(32)40/h14-23,25-26H,2-13,24,39-40H2,1H3,(H,43,44)/b23-16+. The van der Waals surface area contributed by atoms with Crippen LogP contribution in [0.3, 0.4) is 0 Å². The minimum absolute atomic E-state index is 0.161. The SMILES string of the molecule is CCCCCCC(=O)Oc1ccc(OC(=O)/C=C/c2ccc(C(=O)OCCCCCCCCc3c(N)cc(N)cc3C(=O)O)cc2)cc1. The number of nitrogens with two attached hydrogens (primary N) is 2. The molecule has 0 spiro atoms. The zero-order valence-corrected chi connectivity index (χ0v) is 27.6. The smallest absolute Gasteiger partial charge is 0.338 e. The van der Waals surface area contributed by atoms with Gasteiger partial charge in [0.15, 0.2) is 0 Å². The number of esters is 3. The lowest BCUT2D eigenvalue weighted by atomic mass is 9.98. The van der Waals surface area contributed by atoms with Crippen molar-refractivity contribution in [3.63, 3.8) is 0 Å². The number of aromatic carboxylic acids is 1. The molecule has 5 N–H and O–H groups in total. The number of carbonyl (C=O) groups is 4. The fourth-order valence-corrected chi connectivity index (χ4v) is 5.05. The first-order valence-electron chi connectivity index (χ1n) is 16.5. The first kappa shape index (κ1) is 37.3. The van der Waals surface area contributed by atoms with Crippen molar-refractivity contribution in [2.24, 2.45) is 0 Å². The van der Waals surface area contributed by atoms with Crippen LogP contribution in [0.15, 0.2) is 66.7 Å². The number of rotatable bonds is 20. The number of carboxylic acids is 1. The molecular weight excluding hydrogens is 612 g/mol. The lowest BCUT2D eigenvalue weighted by Crippen LogP contribution is -2.08. The van der Waals surface area contributed by atoms with E-state index in [0.29, 0.717) is 59.0 Å². The Balaban J connectivity index is 1.29. The van der Waals surface area contributed by atoms with Crippen molar-refractivity contribution in [1.29, 1.82) is 0 Å². The Bertz CT molecular complexity index is 1530. The number of carbonyl (C=O) groups excluding carboxylic acids is 3. The lowest BCUT2D eigenvalue weighted by molar-refractivity contribution is -0.134. The van der Waals surface area contributed by atoms with Gasteiger partial charge in [-0.05, 0) is 91.4 Å². The van der Waals surface area contributed by atoms with Crippen molar-refractivity contribution in [3.8, 4) is 11.5 Å². The highest BCUT2D eigenvalue weighted by Crippen LogP contribution is 2.24. The van der Waals surface area contributed by atoms with E-state index in [4.69, 9.17) is 25.7 Å². The molecule has 10 heteroatoms. The van der Waals surface area contributed by atoms with Crippen LogP contribution in [0.1, 0.15) is 109 Å². The van der Waals surface area contributed by atoms with Crippen LogP contribution in [0.2, 0.25) is 0 Å². The summed E-state index contributed by atoms with van der Waals surface area (Å²) < 4.78 is 16.0. The summed E-state index contributed by atoms with van der Waals surface area (Å²) in [4.78, 5) is 48.1. The number of hydrogen-bond acceptors (Lipinski definition) is 9. The summed E-state index contributed by atoms with van der Waals surface area (Å²) in [6.45, 7) is 2.43. The predicted molar refractivity (Wildman–Crippen MR) is 186 cm³/mol. The van der Waals surface area contributed by atoms with Crippen molar-refractivity contribution >= 4 is 41.3 Å². The first-order valence-corrected chi connectivity index (χ1v) is 16.5. The third-order valence-electron chi connectivity index (χ3n) is 7.66. The second kappa shape index (κ2) is 20.2. The van der Waals surface area contributed by atoms with Crippen LogP contribution >= 0.6 is 0 Å². The quantitative estimate of drug-likeness (QED) is 0.0358. The molecule has 0 aliphatic heterocycles. The first-order chi connectivity index (χ1) is 23.2. The average Bonchev–Trinajstić information content (AvgIpc) is 3.06. The molecule has 10 nitrogen and oxygen atoms in total. The van der Waals surface area contributed by atoms with Gasteiger partial charge in [-0.25, -0.2) is 14.4 Å². The molecular formula is C38H46N2O8. The molecule has 0 heterocycles. The van der Waals surface area contributed by atoms with E-state index >= 15 is 0 Å². The molecule has 0 unspecified atom stereocenters. The largest absolute Gasteiger partial charge is 0.478 e. The summed E-state index contributed by atoms with van der Waals surface area (Å²) in [6.07, 6.45) is 13.2. The van der Waals surface area contributed by atoms with Crippen LogP contribution in [0.4, 0.5) is 11.4 Å². The fourth-order valence-electron chi connectivity index (χ4n) is 5.05. The van der Waals surface area contributed by atoms with Crippen molar-refractivity contribution in [1.82, 2.24) is 0 Å². The van der Waals surface area contributed by atoms with Gasteiger partial charge in [0.05, 0.1) is 17.7 Å². The van der Waals surface area contributed by atoms with Crippen molar-refractivity contribution in [2.75, 3.05) is 18.1 Å². The molecule has 0 bridgehead atoms. The molecule has 3 aromatic carbocycles. The van der Waals surface area contributed by atoms with Gasteiger partial charge in [-0.15, -0.1) is 0 Å². The van der Waals surface area contributed by atoms with Crippen LogP contribution in [-0.2, 0) is 20.7 Å². The number of carboxylic acid groups (broad SMARTS) is 1. The number of benzene rings is 3. The molecule has 0 atom stereocenters. The Labute approximate surface area is 282 Å². The number of unbranched alkanes of at least 4 members (excludes halogenated alkanes) is 8. The maximum absolute atomic E-state index is 12.4. The highest BCUT2D eigenvalue weighted by atomic mass is 16.5. The molecule has 0 amide bonds. The minimum Gasteiger partial charge on any atom is -0.478 e. The Morgan fingerprint density at radius 2 is 1.38 bits per heavy atom. The Kier molecular flexibility index (Phi) is 15.7. The Hall–Kier alpha value is -5.12. The summed E-state index contributed by atoms with van der Waals surface area (Å²) in [7, 11) is 0. The molecule has 3 aromatic rings. The van der Waals surface area contributed by atoms with Crippen LogP contribution in [0.5, 0.6) is 11.5 Å². The van der Waals surface area contributed by atoms with Crippen LogP contribution in [0.25, 0.3) is 6.08 Å². The number of hydrogen-bond donors (Lipinski definition) is 3. The van der Waals surface area contributed by atoms with Crippen molar-refractivity contribution in [3.05, 3.63) is 89.0 Å². The second-order valence-corrected chi connectivity index (χ2v) is 11.6. The number of nitrogen functional groups attached to an aromatic ring is 2. The van der Waals surface area contributed by atoms with E-state index in [0.717, 1.165) is 64.2 Å². The summed E-state index contributed by atoms with van der Waals surface area (Å²) in [6, 6.07) is 16.0. The van der Waals surface area contributed by atoms with Gasteiger partial charge in [0.1, 0.15) is 11.5 Å². The van der Waals surface area contributed by atoms with Gasteiger partial charge in [0.2, 0.25) is 0 Å². The number of ether oxygens (including phenoxy) is 3. The monoisotopic (exact) mass is 658 g/mol. The lowest BCUT2D eigenvalue weighted by Gasteiger charge is -2.11. The van der Waals surface area contributed by atoms with E-state index in [1.165, 1.54) is 12.1 Å². The van der Waals surface area contributed by atoms with Gasteiger partial charge in [0.25, 0.3) is 0 Å². The van der Waals surface area contributed by atoms with E-state index in [1.54, 1.807) is 60.7 Å². The molecule has 0 fully saturated rings. The van der Waals surface area contributed by atoms with Crippen molar-refractivity contribution in [2.45, 2.75) is 84.0 Å². The maximum atomic E-state index is 12.4. The highest BCUT2D eigenvalue weighted by molar-refractivity contribution is 5.93. The highest BCUT2D eigenvalue weighted by Gasteiger charge is 2.14. The minimum atomic E-state index is -1.03. The molecule has 48 heavy (non-hydrogen) atoms. The third kappa shape index (κ3) is 13.3. The van der Waals surface area contributed by atoms with E-state index in [1.807, 2.05) is 0 Å². The zero-order valence-electron chi connectivity index (χ0n) is 27.6. The zero-order chi connectivity index (χ0) is 34.7. The van der Waals surface area contributed by atoms with Gasteiger partial charge in [-0.1, -0.05) is 64.0 Å². The van der Waals surface area contributed by atoms with Gasteiger partial charge in [-0.3, -0.25) is 4.79 Å². The maximum Gasteiger partial charge on any atom is 0.338 e. The third-order valence-corrected chi connectivity index (χ3v) is 7.66. The predicted octanol–water partition coefficient (Wildman–Crippen LogP) is 7.78. The average molecular weight is 659 g/mol. The van der Waals surface area contributed by atoms with E-state index in [2.05, 4.69) is 6.92 Å².